The molecule has 3 aliphatic carbocycles. The molecule has 3 heteroatoms. The summed E-state index contributed by atoms with van der Waals surface area (Å²) in [5, 5.41) is 7.62. The van der Waals surface area contributed by atoms with Gasteiger partial charge in [-0.05, 0) is 98.5 Å². The van der Waals surface area contributed by atoms with Crippen molar-refractivity contribution < 1.29 is 0 Å². The van der Waals surface area contributed by atoms with E-state index in [1.54, 1.807) is 0 Å². The van der Waals surface area contributed by atoms with E-state index in [1.807, 2.05) is 0 Å². The molecule has 1 unspecified atom stereocenters. The first kappa shape index (κ1) is 32.4. The molecule has 0 bridgehead atoms. The molecule has 0 radical (unpaired) electrons. The Morgan fingerprint density at radius 2 is 1.33 bits per heavy atom. The fourth-order valence-corrected chi connectivity index (χ4v) is 10.0. The number of fused-ring (bicyclic) bond motifs is 9. The van der Waals surface area contributed by atoms with Crippen LogP contribution in [-0.2, 0) is 0 Å². The lowest BCUT2D eigenvalue weighted by atomic mass is 9.87. The lowest BCUT2D eigenvalue weighted by Crippen LogP contribution is -2.42. The molecule has 7 aromatic rings. The predicted octanol–water partition coefficient (Wildman–Crippen LogP) is 13.4. The molecular weight excluding hydrogens is 667 g/mol. The van der Waals surface area contributed by atoms with E-state index in [1.165, 1.54) is 92.4 Å². The van der Waals surface area contributed by atoms with Crippen LogP contribution in [0, 0.1) is 0 Å². The maximum Gasteiger partial charge on any atom is 0.160 e. The number of hydrogen-bond donors (Lipinski definition) is 0. The second-order valence-corrected chi connectivity index (χ2v) is 15.8. The van der Waals surface area contributed by atoms with Gasteiger partial charge >= 0.3 is 0 Å². The predicted molar refractivity (Wildman–Crippen MR) is 231 cm³/mol. The third-order valence-corrected chi connectivity index (χ3v) is 12.6. The summed E-state index contributed by atoms with van der Waals surface area (Å²) in [4.78, 5) is 13.3. The Labute approximate surface area is 323 Å². The fourth-order valence-electron chi connectivity index (χ4n) is 10.0. The van der Waals surface area contributed by atoms with Gasteiger partial charge in [0, 0.05) is 28.8 Å². The third kappa shape index (κ3) is 5.48. The standard InChI is InChI=1S/C52H43N3/c1-4-15-34(16-5-1)47-33-48(35-17-6-2-7-18-35)54-52(53-47)37-28-29-42-40-21-10-11-22-41(40)45-25-14-24-39(51(45)46(42)31-37)36-27-30-44-43-23-12-13-26-49(43)55(50(44)32-36)38-19-8-3-9-20-38/h1-2,4-6,10-17,21-33,38,43,49H,3,7-9,18-20H2/t43-,49?/m1/s1. The summed E-state index contributed by atoms with van der Waals surface area (Å²) in [5.74, 6) is 1.17. The zero-order chi connectivity index (χ0) is 36.3. The summed E-state index contributed by atoms with van der Waals surface area (Å²) in [5.41, 5.74) is 10.8. The Balaban J connectivity index is 1.13. The van der Waals surface area contributed by atoms with E-state index < -0.39 is 0 Å². The van der Waals surface area contributed by atoms with E-state index in [-0.39, 0.29) is 0 Å². The molecule has 0 saturated heterocycles. The van der Waals surface area contributed by atoms with Crippen molar-refractivity contribution in [2.75, 3.05) is 4.90 Å². The van der Waals surface area contributed by atoms with Gasteiger partial charge < -0.3 is 4.90 Å². The number of rotatable bonds is 5. The zero-order valence-electron chi connectivity index (χ0n) is 31.0. The highest BCUT2D eigenvalue weighted by Gasteiger charge is 2.40. The number of benzene rings is 6. The first-order valence-corrected chi connectivity index (χ1v) is 20.2. The van der Waals surface area contributed by atoms with E-state index in [9.17, 15) is 0 Å². The van der Waals surface area contributed by atoms with Crippen LogP contribution in [0.25, 0.3) is 71.7 Å². The van der Waals surface area contributed by atoms with E-state index >= 15 is 0 Å². The second kappa shape index (κ2) is 13.4. The maximum absolute atomic E-state index is 5.28. The van der Waals surface area contributed by atoms with Gasteiger partial charge in [0.05, 0.1) is 17.4 Å². The lowest BCUT2D eigenvalue weighted by molar-refractivity contribution is 0.403. The van der Waals surface area contributed by atoms with Crippen molar-refractivity contribution in [1.29, 1.82) is 0 Å². The van der Waals surface area contributed by atoms with Gasteiger partial charge in [0.15, 0.2) is 5.82 Å². The van der Waals surface area contributed by atoms with Gasteiger partial charge in [-0.2, -0.15) is 0 Å². The van der Waals surface area contributed by atoms with Crippen molar-refractivity contribution in [3.8, 4) is 33.8 Å². The largest absolute Gasteiger partial charge is 0.361 e. The molecular formula is C52H43N3. The Morgan fingerprint density at radius 1 is 0.564 bits per heavy atom. The average molecular weight is 710 g/mol. The van der Waals surface area contributed by atoms with Crippen molar-refractivity contribution >= 4 is 43.6 Å². The molecule has 55 heavy (non-hydrogen) atoms. The molecule has 11 rings (SSSR count). The van der Waals surface area contributed by atoms with Crippen molar-refractivity contribution in [2.24, 2.45) is 0 Å². The number of anilines is 1. The topological polar surface area (TPSA) is 29.0 Å². The van der Waals surface area contributed by atoms with Crippen LogP contribution in [0.5, 0.6) is 0 Å². The van der Waals surface area contributed by atoms with Gasteiger partial charge in [-0.25, -0.2) is 9.97 Å². The molecule has 266 valence electrons. The Kier molecular flexibility index (Phi) is 7.86. The van der Waals surface area contributed by atoms with Crippen LogP contribution in [0.2, 0.25) is 0 Å². The number of hydrogen-bond acceptors (Lipinski definition) is 3. The highest BCUT2D eigenvalue weighted by Crippen LogP contribution is 2.49. The highest BCUT2D eigenvalue weighted by molar-refractivity contribution is 6.28. The van der Waals surface area contributed by atoms with Crippen LogP contribution in [0.1, 0.15) is 62.1 Å². The molecule has 4 aliphatic rings. The summed E-state index contributed by atoms with van der Waals surface area (Å²) < 4.78 is 0. The van der Waals surface area contributed by atoms with Crippen LogP contribution in [0.15, 0.2) is 158 Å². The van der Waals surface area contributed by atoms with Crippen LogP contribution in [0.4, 0.5) is 5.69 Å². The number of nitrogens with zero attached hydrogens (tertiary/aromatic N) is 3. The summed E-state index contributed by atoms with van der Waals surface area (Å²) in [6.07, 6.45) is 24.5. The molecule has 0 N–H and O–H groups in total. The first-order valence-electron chi connectivity index (χ1n) is 20.2. The molecule has 0 spiro atoms. The van der Waals surface area contributed by atoms with Crippen LogP contribution >= 0.6 is 0 Å². The Hall–Kier alpha value is -6.06. The monoisotopic (exact) mass is 709 g/mol. The molecule has 2 atom stereocenters. The Morgan fingerprint density at radius 3 is 2.18 bits per heavy atom. The van der Waals surface area contributed by atoms with Crippen molar-refractivity contribution in [2.45, 2.75) is 62.9 Å². The van der Waals surface area contributed by atoms with Gasteiger partial charge in [-0.15, -0.1) is 0 Å². The van der Waals surface area contributed by atoms with E-state index in [4.69, 9.17) is 9.97 Å². The summed E-state index contributed by atoms with van der Waals surface area (Å²) >= 11 is 0. The van der Waals surface area contributed by atoms with Crippen molar-refractivity contribution in [3.05, 3.63) is 169 Å². The number of aromatic nitrogens is 2. The molecule has 3 nitrogen and oxygen atoms in total. The van der Waals surface area contributed by atoms with Gasteiger partial charge in [0.25, 0.3) is 0 Å². The van der Waals surface area contributed by atoms with Gasteiger partial charge in [-0.3, -0.25) is 0 Å². The van der Waals surface area contributed by atoms with Crippen molar-refractivity contribution in [3.63, 3.8) is 0 Å². The lowest BCUT2D eigenvalue weighted by Gasteiger charge is -2.38. The minimum absolute atomic E-state index is 0.398. The summed E-state index contributed by atoms with van der Waals surface area (Å²) in [7, 11) is 0. The van der Waals surface area contributed by atoms with Crippen molar-refractivity contribution in [1.82, 2.24) is 9.97 Å². The van der Waals surface area contributed by atoms with Gasteiger partial charge in [0.2, 0.25) is 0 Å². The smallest absolute Gasteiger partial charge is 0.160 e. The van der Waals surface area contributed by atoms with Crippen LogP contribution in [-0.4, -0.2) is 22.1 Å². The highest BCUT2D eigenvalue weighted by atomic mass is 15.2. The van der Waals surface area contributed by atoms with Crippen LogP contribution in [0.3, 0.4) is 0 Å². The summed E-state index contributed by atoms with van der Waals surface area (Å²) in [6, 6.07) is 43.7. The quantitative estimate of drug-likeness (QED) is 0.167. The van der Waals surface area contributed by atoms with E-state index in [0.29, 0.717) is 18.0 Å². The third-order valence-electron chi connectivity index (χ3n) is 12.6. The molecule has 0 amide bonds. The normalized spacial score (nSPS) is 19.3. The second-order valence-electron chi connectivity index (χ2n) is 15.8. The number of allylic oxidation sites excluding steroid dienone is 6. The first-order chi connectivity index (χ1) is 27.3. The van der Waals surface area contributed by atoms with Crippen LogP contribution < -0.4 is 4.90 Å². The summed E-state index contributed by atoms with van der Waals surface area (Å²) in [6.45, 7) is 0. The fraction of sp³-hybridized carbons (Fsp3) is 0.192. The molecule has 1 saturated carbocycles. The minimum Gasteiger partial charge on any atom is -0.361 e. The average Bonchev–Trinajstić information content (AvgIpc) is 3.60. The van der Waals surface area contributed by atoms with Gasteiger partial charge in [-0.1, -0.05) is 159 Å². The molecule has 2 heterocycles. The minimum atomic E-state index is 0.398. The molecule has 6 aromatic carbocycles. The SMILES string of the molecule is C1=CCCC(c2cc(-c3ccccc3)nc(-c3ccc4c5ccccc5c5cccc(-c6ccc7c(c6)N(C6CCCCC6)C6C=CC=C[C@H]76)c5c4c3)n2)=C1. The van der Waals surface area contributed by atoms with Gasteiger partial charge in [0.1, 0.15) is 0 Å². The molecule has 1 fully saturated rings. The van der Waals surface area contributed by atoms with E-state index in [0.717, 1.165) is 41.2 Å². The Bertz CT molecular complexity index is 2760. The molecule has 1 aliphatic heterocycles. The maximum atomic E-state index is 5.28. The molecule has 1 aromatic heterocycles. The van der Waals surface area contributed by atoms with E-state index in [2.05, 4.69) is 163 Å². The zero-order valence-corrected chi connectivity index (χ0v) is 31.0.